The summed E-state index contributed by atoms with van der Waals surface area (Å²) in [6.45, 7) is -0.118. The lowest BCUT2D eigenvalue weighted by atomic mass is 10.1. The van der Waals surface area contributed by atoms with Crippen LogP contribution in [0.25, 0.3) is 0 Å². The third kappa shape index (κ3) is 4.22. The van der Waals surface area contributed by atoms with E-state index in [1.54, 1.807) is 0 Å². The van der Waals surface area contributed by atoms with Crippen molar-refractivity contribution in [2.45, 2.75) is 17.6 Å². The van der Waals surface area contributed by atoms with Crippen molar-refractivity contribution in [2.24, 2.45) is 0 Å². The van der Waals surface area contributed by atoms with Gasteiger partial charge < -0.3 is 0 Å². The van der Waals surface area contributed by atoms with E-state index in [0.717, 1.165) is 12.1 Å². The first kappa shape index (κ1) is 16.8. The van der Waals surface area contributed by atoms with Crippen LogP contribution < -0.4 is 4.72 Å². The van der Waals surface area contributed by atoms with Crippen molar-refractivity contribution in [3.63, 3.8) is 0 Å². The van der Waals surface area contributed by atoms with Gasteiger partial charge in [0.15, 0.2) is 0 Å². The molecule has 1 N–H and O–H groups in total. The van der Waals surface area contributed by atoms with Crippen molar-refractivity contribution in [1.82, 2.24) is 4.72 Å². The Morgan fingerprint density at radius 1 is 1.05 bits per heavy atom. The van der Waals surface area contributed by atoms with Gasteiger partial charge in [0.25, 0.3) is 0 Å². The molecule has 0 aliphatic carbocycles. The first-order valence-corrected chi connectivity index (χ1v) is 7.96. The fourth-order valence-electron chi connectivity index (χ4n) is 1.71. The Kier molecular flexibility index (Phi) is 4.79. The van der Waals surface area contributed by atoms with E-state index in [1.807, 2.05) is 0 Å². The minimum atomic E-state index is -4.42. The van der Waals surface area contributed by atoms with E-state index in [2.05, 4.69) is 4.72 Å². The van der Waals surface area contributed by atoms with Crippen LogP contribution in [-0.4, -0.2) is 8.42 Å². The molecule has 0 radical (unpaired) electrons. The van der Waals surface area contributed by atoms with Crippen LogP contribution >= 0.6 is 11.6 Å². The molecule has 118 valence electrons. The Labute approximate surface area is 130 Å². The van der Waals surface area contributed by atoms with E-state index in [9.17, 15) is 21.6 Å². The molecule has 0 saturated carbocycles. The Morgan fingerprint density at radius 3 is 2.23 bits per heavy atom. The molecular weight excluding hydrogens is 339 g/mol. The number of rotatable bonds is 4. The summed E-state index contributed by atoms with van der Waals surface area (Å²) in [6, 6.07) is 9.96. The van der Waals surface area contributed by atoms with Crippen molar-refractivity contribution in [3.05, 3.63) is 64.7 Å². The average Bonchev–Trinajstić information content (AvgIpc) is 2.45. The lowest BCUT2D eigenvalue weighted by molar-refractivity contribution is -0.137. The first-order chi connectivity index (χ1) is 10.2. The van der Waals surface area contributed by atoms with Gasteiger partial charge in [-0.3, -0.25) is 0 Å². The van der Waals surface area contributed by atoms with Gasteiger partial charge in [-0.15, -0.1) is 0 Å². The van der Waals surface area contributed by atoms with Gasteiger partial charge in [-0.1, -0.05) is 29.8 Å². The predicted molar refractivity (Wildman–Crippen MR) is 76.9 cm³/mol. The summed E-state index contributed by atoms with van der Waals surface area (Å²) in [7, 11) is -3.78. The van der Waals surface area contributed by atoms with Gasteiger partial charge in [0.2, 0.25) is 10.0 Å². The Hall–Kier alpha value is -1.57. The van der Waals surface area contributed by atoms with Crippen LogP contribution in [0.4, 0.5) is 13.2 Å². The van der Waals surface area contributed by atoms with E-state index in [1.165, 1.54) is 36.4 Å². The van der Waals surface area contributed by atoms with Crippen molar-refractivity contribution >= 4 is 21.6 Å². The third-order valence-electron chi connectivity index (χ3n) is 2.85. The van der Waals surface area contributed by atoms with Crippen LogP contribution in [0.3, 0.4) is 0 Å². The summed E-state index contributed by atoms with van der Waals surface area (Å²) in [5, 5.41) is 0.275. The first-order valence-electron chi connectivity index (χ1n) is 6.10. The zero-order valence-electron chi connectivity index (χ0n) is 11.1. The zero-order valence-corrected chi connectivity index (χ0v) is 12.6. The molecule has 2 aromatic carbocycles. The molecule has 0 aromatic heterocycles. The maximum Gasteiger partial charge on any atom is 0.416 e. The van der Waals surface area contributed by atoms with Gasteiger partial charge in [-0.2, -0.15) is 13.2 Å². The fourth-order valence-corrected chi connectivity index (χ4v) is 3.03. The van der Waals surface area contributed by atoms with Crippen LogP contribution in [0, 0.1) is 0 Å². The highest BCUT2D eigenvalue weighted by molar-refractivity contribution is 7.89. The molecule has 2 rings (SSSR count). The highest BCUT2D eigenvalue weighted by Gasteiger charge is 2.29. The second-order valence-electron chi connectivity index (χ2n) is 4.48. The minimum Gasteiger partial charge on any atom is -0.207 e. The number of halogens is 4. The van der Waals surface area contributed by atoms with E-state index < -0.39 is 21.8 Å². The van der Waals surface area contributed by atoms with Crippen molar-refractivity contribution in [2.75, 3.05) is 0 Å². The smallest absolute Gasteiger partial charge is 0.207 e. The summed E-state index contributed by atoms with van der Waals surface area (Å²) in [5.74, 6) is 0. The Bertz CT molecular complexity index is 758. The van der Waals surface area contributed by atoms with Gasteiger partial charge in [0.1, 0.15) is 0 Å². The summed E-state index contributed by atoms with van der Waals surface area (Å²) in [5.41, 5.74) is -0.368. The molecule has 22 heavy (non-hydrogen) atoms. The standard InChI is InChI=1S/C14H11ClF3NO2S/c15-12-2-1-3-13(8-12)22(20,21)19-9-10-4-6-11(7-5-10)14(16,17)18/h1-8,19H,9H2. The van der Waals surface area contributed by atoms with Crippen LogP contribution in [0.5, 0.6) is 0 Å². The number of alkyl halides is 3. The van der Waals surface area contributed by atoms with Crippen molar-refractivity contribution in [1.29, 1.82) is 0 Å². The van der Waals surface area contributed by atoms with Crippen LogP contribution in [0.1, 0.15) is 11.1 Å². The SMILES string of the molecule is O=S(=O)(NCc1ccc(C(F)(F)F)cc1)c1cccc(Cl)c1. The highest BCUT2D eigenvalue weighted by atomic mass is 35.5. The lowest BCUT2D eigenvalue weighted by Crippen LogP contribution is -2.23. The predicted octanol–water partition coefficient (Wildman–Crippen LogP) is 3.84. The molecule has 0 fully saturated rings. The average molecular weight is 350 g/mol. The molecule has 0 unspecified atom stereocenters. The molecule has 0 atom stereocenters. The zero-order chi connectivity index (χ0) is 16.4. The Morgan fingerprint density at radius 2 is 1.68 bits per heavy atom. The largest absolute Gasteiger partial charge is 0.416 e. The third-order valence-corrected chi connectivity index (χ3v) is 4.49. The number of sulfonamides is 1. The second kappa shape index (κ2) is 6.28. The molecule has 2 aromatic rings. The van der Waals surface area contributed by atoms with E-state index >= 15 is 0 Å². The fraction of sp³-hybridized carbons (Fsp3) is 0.143. The lowest BCUT2D eigenvalue weighted by Gasteiger charge is -2.09. The molecule has 0 aliphatic rings. The van der Waals surface area contributed by atoms with E-state index in [-0.39, 0.29) is 16.5 Å². The summed E-state index contributed by atoms with van der Waals surface area (Å²) < 4.78 is 63.7. The van der Waals surface area contributed by atoms with Gasteiger partial charge in [-0.25, -0.2) is 13.1 Å². The van der Waals surface area contributed by atoms with Crippen molar-refractivity contribution in [3.8, 4) is 0 Å². The van der Waals surface area contributed by atoms with E-state index in [0.29, 0.717) is 5.56 Å². The number of hydrogen-bond donors (Lipinski definition) is 1. The maximum atomic E-state index is 12.4. The minimum absolute atomic E-state index is 0.00749. The molecule has 0 saturated heterocycles. The topological polar surface area (TPSA) is 46.2 Å². The number of benzene rings is 2. The molecular formula is C14H11ClF3NO2S. The summed E-state index contributed by atoms with van der Waals surface area (Å²) in [4.78, 5) is -0.00749. The highest BCUT2D eigenvalue weighted by Crippen LogP contribution is 2.29. The van der Waals surface area contributed by atoms with Crippen LogP contribution in [0.15, 0.2) is 53.4 Å². The number of nitrogens with one attached hydrogen (secondary N) is 1. The Balaban J connectivity index is 2.09. The van der Waals surface area contributed by atoms with Gasteiger partial charge >= 0.3 is 6.18 Å². The molecule has 0 amide bonds. The molecule has 0 spiro atoms. The van der Waals surface area contributed by atoms with E-state index in [4.69, 9.17) is 11.6 Å². The number of hydrogen-bond acceptors (Lipinski definition) is 2. The van der Waals surface area contributed by atoms with Crippen LogP contribution in [0.2, 0.25) is 5.02 Å². The molecule has 0 bridgehead atoms. The molecule has 8 heteroatoms. The van der Waals surface area contributed by atoms with Crippen LogP contribution in [-0.2, 0) is 22.7 Å². The second-order valence-corrected chi connectivity index (χ2v) is 6.68. The summed E-state index contributed by atoms with van der Waals surface area (Å²) in [6.07, 6.45) is -4.42. The molecule has 3 nitrogen and oxygen atoms in total. The van der Waals surface area contributed by atoms with Gasteiger partial charge in [0, 0.05) is 11.6 Å². The monoisotopic (exact) mass is 349 g/mol. The van der Waals surface area contributed by atoms with Crippen molar-refractivity contribution < 1.29 is 21.6 Å². The normalized spacial score (nSPS) is 12.4. The van der Waals surface area contributed by atoms with Gasteiger partial charge in [0.05, 0.1) is 10.5 Å². The quantitative estimate of drug-likeness (QED) is 0.911. The summed E-state index contributed by atoms with van der Waals surface area (Å²) >= 11 is 5.73. The van der Waals surface area contributed by atoms with Gasteiger partial charge in [-0.05, 0) is 35.9 Å². The maximum absolute atomic E-state index is 12.4. The molecule has 0 heterocycles. The molecule has 0 aliphatic heterocycles.